The number of phenolic OH excluding ortho intramolecular Hbond substituents is 1. The van der Waals surface area contributed by atoms with E-state index in [-0.39, 0.29) is 23.4 Å². The Bertz CT molecular complexity index is 1050. The van der Waals surface area contributed by atoms with Crippen molar-refractivity contribution in [3.8, 4) is 5.75 Å². The third kappa shape index (κ3) is 2.59. The number of hydrogen-bond acceptors (Lipinski definition) is 6. The Hall–Kier alpha value is -2.86. The molecule has 0 spiro atoms. The van der Waals surface area contributed by atoms with Crippen molar-refractivity contribution >= 4 is 23.0 Å². The van der Waals surface area contributed by atoms with Crippen LogP contribution in [0.3, 0.4) is 0 Å². The fraction of sp³-hybridized carbons (Fsp3) is 0.238. The van der Waals surface area contributed by atoms with Gasteiger partial charge >= 0.3 is 0 Å². The number of carbonyl (C=O) groups excluding carboxylic acids is 1. The Morgan fingerprint density at radius 3 is 2.74 bits per heavy atom. The third-order valence-corrected chi connectivity index (χ3v) is 6.20. The predicted octanol–water partition coefficient (Wildman–Crippen LogP) is 4.71. The highest BCUT2D eigenvalue weighted by Gasteiger charge is 2.41. The topological polar surface area (TPSA) is 75.4 Å². The second-order valence-corrected chi connectivity index (χ2v) is 7.92. The second kappa shape index (κ2) is 6.09. The molecule has 2 aliphatic rings. The number of hydrogen-bond donors (Lipinski definition) is 2. The molecule has 2 N–H and O–H groups in total. The smallest absolute Gasteiger partial charge is 0.233 e. The summed E-state index contributed by atoms with van der Waals surface area (Å²) in [4.78, 5) is 13.2. The fourth-order valence-electron chi connectivity index (χ4n) is 4.23. The van der Waals surface area contributed by atoms with E-state index in [9.17, 15) is 9.90 Å². The van der Waals surface area contributed by atoms with Crippen molar-refractivity contribution in [2.75, 3.05) is 5.32 Å². The summed E-state index contributed by atoms with van der Waals surface area (Å²) in [6, 6.07) is 9.19. The number of allylic oxidation sites excluding steroid dienone is 2. The van der Waals surface area contributed by atoms with Crippen molar-refractivity contribution in [2.45, 2.75) is 31.6 Å². The SMILES string of the molecule is Cc1noc2c1[C@H](c1ccsc1)C1=C(C[C@@H](c3ccc(O)cc3)CC1=O)N2. The second-order valence-electron chi connectivity index (χ2n) is 7.14. The quantitative estimate of drug-likeness (QED) is 0.675. The maximum Gasteiger partial charge on any atom is 0.233 e. The summed E-state index contributed by atoms with van der Waals surface area (Å²) >= 11 is 1.63. The van der Waals surface area contributed by atoms with Gasteiger partial charge in [0, 0.05) is 23.6 Å². The highest BCUT2D eigenvalue weighted by molar-refractivity contribution is 7.08. The van der Waals surface area contributed by atoms with E-state index in [1.807, 2.05) is 24.4 Å². The van der Waals surface area contributed by atoms with Gasteiger partial charge in [-0.3, -0.25) is 4.79 Å². The maximum atomic E-state index is 13.2. The molecule has 6 heteroatoms. The van der Waals surface area contributed by atoms with Gasteiger partial charge in [-0.15, -0.1) is 0 Å². The van der Waals surface area contributed by atoms with Crippen LogP contribution in [-0.2, 0) is 4.79 Å². The molecule has 5 nitrogen and oxygen atoms in total. The number of aryl methyl sites for hydroxylation is 1. The Labute approximate surface area is 160 Å². The number of fused-ring (bicyclic) bond motifs is 1. The highest BCUT2D eigenvalue weighted by Crippen LogP contribution is 2.49. The van der Waals surface area contributed by atoms with Gasteiger partial charge in [0.05, 0.1) is 11.3 Å². The number of benzene rings is 1. The van der Waals surface area contributed by atoms with Crippen molar-refractivity contribution < 1.29 is 14.4 Å². The number of anilines is 1. The van der Waals surface area contributed by atoms with E-state index in [1.165, 1.54) is 0 Å². The van der Waals surface area contributed by atoms with Gasteiger partial charge in [0.2, 0.25) is 5.88 Å². The van der Waals surface area contributed by atoms with Crippen LogP contribution in [0.2, 0.25) is 0 Å². The molecule has 0 saturated carbocycles. The molecule has 1 aromatic carbocycles. The van der Waals surface area contributed by atoms with Gasteiger partial charge < -0.3 is 14.9 Å². The van der Waals surface area contributed by atoms with Crippen LogP contribution >= 0.6 is 11.3 Å². The van der Waals surface area contributed by atoms with Crippen molar-refractivity contribution in [1.29, 1.82) is 0 Å². The first kappa shape index (κ1) is 16.3. The first-order valence-electron chi connectivity index (χ1n) is 8.92. The van der Waals surface area contributed by atoms with Crippen LogP contribution in [0.5, 0.6) is 5.75 Å². The minimum Gasteiger partial charge on any atom is -0.508 e. The molecular weight excluding hydrogens is 360 g/mol. The monoisotopic (exact) mass is 378 g/mol. The molecule has 0 unspecified atom stereocenters. The van der Waals surface area contributed by atoms with Crippen molar-refractivity contribution in [3.63, 3.8) is 0 Å². The van der Waals surface area contributed by atoms with Gasteiger partial charge in [0.1, 0.15) is 5.75 Å². The van der Waals surface area contributed by atoms with Gasteiger partial charge in [-0.1, -0.05) is 17.3 Å². The highest BCUT2D eigenvalue weighted by atomic mass is 32.1. The third-order valence-electron chi connectivity index (χ3n) is 5.50. The molecule has 0 bridgehead atoms. The lowest BCUT2D eigenvalue weighted by molar-refractivity contribution is -0.116. The molecule has 2 atom stereocenters. The standard InChI is InChI=1S/C21H18N2O3S/c1-11-18-19(13-6-7-27-10-13)20-16(22-21(18)26-23-11)8-14(9-17(20)25)12-2-4-15(24)5-3-12/h2-7,10,14,19,22,24H,8-9H2,1H3/t14-,19+/m1/s1. The number of aromatic hydroxyl groups is 1. The Morgan fingerprint density at radius 2 is 2.00 bits per heavy atom. The van der Waals surface area contributed by atoms with Crippen LogP contribution < -0.4 is 5.32 Å². The minimum atomic E-state index is -0.123. The zero-order valence-electron chi connectivity index (χ0n) is 14.7. The van der Waals surface area contributed by atoms with Gasteiger partial charge in [-0.2, -0.15) is 11.3 Å². The number of aromatic nitrogens is 1. The van der Waals surface area contributed by atoms with E-state index >= 15 is 0 Å². The van der Waals surface area contributed by atoms with Crippen LogP contribution in [0.4, 0.5) is 5.88 Å². The van der Waals surface area contributed by atoms with E-state index in [0.29, 0.717) is 12.3 Å². The van der Waals surface area contributed by atoms with Crippen molar-refractivity contribution in [2.24, 2.45) is 0 Å². The zero-order chi connectivity index (χ0) is 18.5. The summed E-state index contributed by atoms with van der Waals surface area (Å²) in [7, 11) is 0. The largest absolute Gasteiger partial charge is 0.508 e. The van der Waals surface area contributed by atoms with Crippen LogP contribution in [0.1, 0.15) is 47.1 Å². The van der Waals surface area contributed by atoms with Gasteiger partial charge in [0.15, 0.2) is 5.78 Å². The number of thiophene rings is 1. The zero-order valence-corrected chi connectivity index (χ0v) is 15.5. The molecule has 0 radical (unpaired) electrons. The van der Waals surface area contributed by atoms with Crippen LogP contribution in [0.15, 0.2) is 56.9 Å². The van der Waals surface area contributed by atoms with E-state index in [2.05, 4.69) is 21.9 Å². The number of phenols is 1. The Morgan fingerprint density at radius 1 is 1.19 bits per heavy atom. The lowest BCUT2D eigenvalue weighted by Crippen LogP contribution is -2.29. The summed E-state index contributed by atoms with van der Waals surface area (Å²) in [6.45, 7) is 1.92. The first-order chi connectivity index (χ1) is 13.1. The molecule has 3 aromatic rings. The molecule has 0 saturated heterocycles. The van der Waals surface area contributed by atoms with Crippen LogP contribution in [-0.4, -0.2) is 16.0 Å². The molecule has 0 fully saturated rings. The molecule has 1 aliphatic heterocycles. The first-order valence-corrected chi connectivity index (χ1v) is 9.86. The number of rotatable bonds is 2. The summed E-state index contributed by atoms with van der Waals surface area (Å²) < 4.78 is 5.52. The normalized spacial score (nSPS) is 21.6. The number of nitrogens with zero attached hydrogens (tertiary/aromatic N) is 1. The summed E-state index contributed by atoms with van der Waals surface area (Å²) in [5.41, 5.74) is 5.70. The fourth-order valence-corrected chi connectivity index (χ4v) is 4.91. The average Bonchev–Trinajstić information content (AvgIpc) is 3.31. The predicted molar refractivity (Wildman–Crippen MR) is 103 cm³/mol. The van der Waals surface area contributed by atoms with Crippen LogP contribution in [0, 0.1) is 6.92 Å². The van der Waals surface area contributed by atoms with Gasteiger partial charge in [0.25, 0.3) is 0 Å². The van der Waals surface area contributed by atoms with E-state index in [1.54, 1.807) is 23.5 Å². The molecule has 27 heavy (non-hydrogen) atoms. The van der Waals surface area contributed by atoms with Crippen LogP contribution in [0.25, 0.3) is 0 Å². The molecule has 0 amide bonds. The number of carbonyl (C=O) groups is 1. The molecule has 2 aromatic heterocycles. The summed E-state index contributed by atoms with van der Waals surface area (Å²) in [5.74, 6) is 0.988. The lowest BCUT2D eigenvalue weighted by Gasteiger charge is -2.34. The molecule has 136 valence electrons. The maximum absolute atomic E-state index is 13.2. The van der Waals surface area contributed by atoms with E-state index in [4.69, 9.17) is 4.52 Å². The Kier molecular flexibility index (Phi) is 3.68. The molecular formula is C21H18N2O3S. The van der Waals surface area contributed by atoms with E-state index in [0.717, 1.165) is 40.1 Å². The minimum absolute atomic E-state index is 0.0815. The summed E-state index contributed by atoms with van der Waals surface area (Å²) in [6.07, 6.45) is 1.19. The average molecular weight is 378 g/mol. The number of Topliss-reactive ketones (excluding diaryl/α,β-unsaturated/α-hetero) is 1. The lowest BCUT2D eigenvalue weighted by atomic mass is 9.73. The van der Waals surface area contributed by atoms with Gasteiger partial charge in [-0.05, 0) is 59.3 Å². The van der Waals surface area contributed by atoms with Crippen molar-refractivity contribution in [3.05, 3.63) is 74.7 Å². The molecule has 1 aliphatic carbocycles. The van der Waals surface area contributed by atoms with Gasteiger partial charge in [-0.25, -0.2) is 0 Å². The molecule has 3 heterocycles. The molecule has 5 rings (SSSR count). The Balaban J connectivity index is 1.60. The summed E-state index contributed by atoms with van der Waals surface area (Å²) in [5, 5.41) is 21.1. The number of nitrogens with one attached hydrogen (secondary N) is 1. The number of ketones is 1. The van der Waals surface area contributed by atoms with Crippen molar-refractivity contribution in [1.82, 2.24) is 5.16 Å². The van der Waals surface area contributed by atoms with E-state index < -0.39 is 0 Å².